The maximum Gasteiger partial charge on any atom is 0.318 e. The number of nitrogens with zero attached hydrogens (tertiary/aromatic N) is 5. The molecule has 1 aliphatic heterocycles. The number of piperazine rings is 1. The number of hydrogen-bond acceptors (Lipinski definition) is 5. The van der Waals surface area contributed by atoms with Crippen LogP contribution in [0.5, 0.6) is 5.75 Å². The zero-order valence-corrected chi connectivity index (χ0v) is 14.8. The number of aromatic nitrogens is 3. The van der Waals surface area contributed by atoms with E-state index in [1.807, 2.05) is 24.3 Å². The Morgan fingerprint density at radius 3 is 2.73 bits per heavy atom. The molecule has 9 nitrogen and oxygen atoms in total. The van der Waals surface area contributed by atoms with E-state index >= 15 is 0 Å². The van der Waals surface area contributed by atoms with Crippen molar-refractivity contribution in [2.75, 3.05) is 31.6 Å². The summed E-state index contributed by atoms with van der Waals surface area (Å²) in [5.41, 5.74) is 0.800. The molecule has 0 radical (unpaired) electrons. The molecule has 9 heteroatoms. The summed E-state index contributed by atoms with van der Waals surface area (Å²) >= 11 is 0. The van der Waals surface area contributed by atoms with Gasteiger partial charge in [0.05, 0.1) is 13.7 Å². The number of urea groups is 1. The van der Waals surface area contributed by atoms with E-state index in [1.165, 1.54) is 6.33 Å². The molecular formula is C17H22N6O3. The molecule has 3 rings (SSSR count). The van der Waals surface area contributed by atoms with Crippen molar-refractivity contribution in [1.82, 2.24) is 25.0 Å². The Morgan fingerprint density at radius 2 is 2.08 bits per heavy atom. The number of rotatable bonds is 5. The number of amides is 3. The monoisotopic (exact) mass is 358 g/mol. The molecule has 1 fully saturated rings. The van der Waals surface area contributed by atoms with Crippen molar-refractivity contribution in [2.24, 2.45) is 0 Å². The first kappa shape index (κ1) is 17.7. The molecule has 1 N–H and O–H groups in total. The minimum absolute atomic E-state index is 0.104. The van der Waals surface area contributed by atoms with Gasteiger partial charge in [0.2, 0.25) is 5.91 Å². The van der Waals surface area contributed by atoms with E-state index in [-0.39, 0.29) is 11.9 Å². The molecule has 138 valence electrons. The second-order valence-electron chi connectivity index (χ2n) is 5.95. The van der Waals surface area contributed by atoms with Crippen molar-refractivity contribution in [1.29, 1.82) is 0 Å². The van der Waals surface area contributed by atoms with Crippen LogP contribution >= 0.6 is 0 Å². The smallest absolute Gasteiger partial charge is 0.318 e. The number of nitrogens with one attached hydrogen (secondary N) is 1. The van der Waals surface area contributed by atoms with Crippen LogP contribution in [0.15, 0.2) is 36.9 Å². The lowest BCUT2D eigenvalue weighted by Gasteiger charge is -2.39. The van der Waals surface area contributed by atoms with Crippen LogP contribution in [0.2, 0.25) is 0 Å². The molecule has 0 saturated carbocycles. The van der Waals surface area contributed by atoms with Crippen LogP contribution in [0.3, 0.4) is 0 Å². The second kappa shape index (κ2) is 7.85. The predicted octanol–water partition coefficient (Wildman–Crippen LogP) is 0.734. The Morgan fingerprint density at radius 1 is 1.31 bits per heavy atom. The van der Waals surface area contributed by atoms with Gasteiger partial charge in [-0.2, -0.15) is 5.10 Å². The summed E-state index contributed by atoms with van der Waals surface area (Å²) in [5, 5.41) is 6.80. The van der Waals surface area contributed by atoms with Gasteiger partial charge in [-0.3, -0.25) is 9.48 Å². The van der Waals surface area contributed by atoms with Crippen LogP contribution < -0.4 is 15.0 Å². The van der Waals surface area contributed by atoms with Crippen molar-refractivity contribution >= 4 is 17.6 Å². The number of ether oxygens (including phenoxy) is 1. The minimum Gasteiger partial charge on any atom is -0.497 e. The van der Waals surface area contributed by atoms with Crippen LogP contribution in [-0.2, 0) is 11.3 Å². The molecule has 1 unspecified atom stereocenters. The van der Waals surface area contributed by atoms with E-state index in [2.05, 4.69) is 15.4 Å². The molecule has 2 heterocycles. The number of hydrogen-bond donors (Lipinski definition) is 1. The molecule has 1 aliphatic rings. The van der Waals surface area contributed by atoms with Gasteiger partial charge in [-0.05, 0) is 31.2 Å². The van der Waals surface area contributed by atoms with Gasteiger partial charge in [0.15, 0.2) is 0 Å². The first-order valence-electron chi connectivity index (χ1n) is 8.42. The maximum atomic E-state index is 12.7. The Hall–Kier alpha value is -3.10. The summed E-state index contributed by atoms with van der Waals surface area (Å²) in [7, 11) is 1.60. The van der Waals surface area contributed by atoms with E-state index < -0.39 is 6.04 Å². The molecule has 1 saturated heterocycles. The first-order valence-corrected chi connectivity index (χ1v) is 8.42. The number of anilines is 1. The largest absolute Gasteiger partial charge is 0.497 e. The van der Waals surface area contributed by atoms with Crippen LogP contribution in [0.1, 0.15) is 6.92 Å². The molecule has 26 heavy (non-hydrogen) atoms. The highest BCUT2D eigenvalue weighted by Crippen LogP contribution is 2.23. The quantitative estimate of drug-likeness (QED) is 0.851. The third-order valence-electron chi connectivity index (χ3n) is 4.38. The molecule has 1 aromatic heterocycles. The van der Waals surface area contributed by atoms with Gasteiger partial charge in [-0.15, -0.1) is 0 Å². The fraction of sp³-hybridized carbons (Fsp3) is 0.412. The van der Waals surface area contributed by atoms with E-state index in [9.17, 15) is 9.59 Å². The van der Waals surface area contributed by atoms with E-state index in [0.29, 0.717) is 26.2 Å². The number of carbonyl (C=O) groups is 2. The second-order valence-corrected chi connectivity index (χ2v) is 5.95. The molecule has 0 aliphatic carbocycles. The molecule has 1 aromatic carbocycles. The van der Waals surface area contributed by atoms with Gasteiger partial charge in [-0.1, -0.05) is 0 Å². The normalized spacial score (nSPS) is 17.3. The van der Waals surface area contributed by atoms with E-state index in [4.69, 9.17) is 4.74 Å². The average Bonchev–Trinajstić information content (AvgIpc) is 3.17. The summed E-state index contributed by atoms with van der Waals surface area (Å²) < 4.78 is 6.78. The Balaban J connectivity index is 1.56. The van der Waals surface area contributed by atoms with Crippen molar-refractivity contribution in [3.63, 3.8) is 0 Å². The van der Waals surface area contributed by atoms with Crippen LogP contribution in [0.4, 0.5) is 10.5 Å². The number of benzene rings is 1. The summed E-state index contributed by atoms with van der Waals surface area (Å²) in [6, 6.07) is 6.54. The zero-order valence-electron chi connectivity index (χ0n) is 14.8. The molecule has 3 amide bonds. The summed E-state index contributed by atoms with van der Waals surface area (Å²) in [5.74, 6) is 0.632. The lowest BCUT2D eigenvalue weighted by atomic mass is 10.1. The van der Waals surface area contributed by atoms with Gasteiger partial charge in [0.25, 0.3) is 0 Å². The Bertz CT molecular complexity index is 746. The molecule has 1 atom stereocenters. The highest BCUT2D eigenvalue weighted by atomic mass is 16.5. The highest BCUT2D eigenvalue weighted by molar-refractivity contribution is 6.00. The third kappa shape index (κ3) is 3.76. The molecular weight excluding hydrogens is 336 g/mol. The molecule has 2 aromatic rings. The van der Waals surface area contributed by atoms with E-state index in [0.717, 1.165) is 11.4 Å². The third-order valence-corrected chi connectivity index (χ3v) is 4.38. The predicted molar refractivity (Wildman–Crippen MR) is 94.9 cm³/mol. The summed E-state index contributed by atoms with van der Waals surface area (Å²) in [4.78, 5) is 32.2. The first-order chi connectivity index (χ1) is 12.6. The minimum atomic E-state index is -0.530. The number of methoxy groups -OCH3 is 1. The van der Waals surface area contributed by atoms with Gasteiger partial charge in [0, 0.05) is 25.3 Å². The van der Waals surface area contributed by atoms with Crippen LogP contribution in [0, 0.1) is 0 Å². The molecule has 0 bridgehead atoms. The topological polar surface area (TPSA) is 92.6 Å². The van der Waals surface area contributed by atoms with Crippen molar-refractivity contribution in [2.45, 2.75) is 19.5 Å². The summed E-state index contributed by atoms with van der Waals surface area (Å²) in [6.45, 7) is 3.61. The standard InChI is InChI=1S/C17H22N6O3/c1-13-16(24)23(14-3-5-15(26-2)6-4-14)10-9-22(13)17(25)19-7-8-21-12-18-11-20-21/h3-6,11-13H,7-10H2,1-2H3,(H,19,25). The Kier molecular flexibility index (Phi) is 5.35. The Labute approximate surface area is 151 Å². The van der Waals surface area contributed by atoms with Gasteiger partial charge in [-0.25, -0.2) is 9.78 Å². The zero-order chi connectivity index (χ0) is 18.5. The summed E-state index contributed by atoms with van der Waals surface area (Å²) in [6.07, 6.45) is 3.03. The highest BCUT2D eigenvalue weighted by Gasteiger charge is 2.34. The van der Waals surface area contributed by atoms with Crippen molar-refractivity contribution in [3.8, 4) is 5.75 Å². The lowest BCUT2D eigenvalue weighted by molar-refractivity contribution is -0.124. The van der Waals surface area contributed by atoms with Crippen molar-refractivity contribution < 1.29 is 14.3 Å². The van der Waals surface area contributed by atoms with Crippen LogP contribution in [-0.4, -0.2) is 64.4 Å². The average molecular weight is 358 g/mol. The van der Waals surface area contributed by atoms with E-state index in [1.54, 1.807) is 34.8 Å². The fourth-order valence-corrected chi connectivity index (χ4v) is 2.89. The van der Waals surface area contributed by atoms with Gasteiger partial charge in [0.1, 0.15) is 24.4 Å². The van der Waals surface area contributed by atoms with Crippen LogP contribution in [0.25, 0.3) is 0 Å². The lowest BCUT2D eigenvalue weighted by Crippen LogP contribution is -2.60. The SMILES string of the molecule is COc1ccc(N2CCN(C(=O)NCCn3cncn3)C(C)C2=O)cc1. The maximum absolute atomic E-state index is 12.7. The number of carbonyl (C=O) groups excluding carboxylic acids is 2. The molecule has 0 spiro atoms. The fourth-order valence-electron chi connectivity index (χ4n) is 2.89. The van der Waals surface area contributed by atoms with Crippen molar-refractivity contribution in [3.05, 3.63) is 36.9 Å². The van der Waals surface area contributed by atoms with Gasteiger partial charge >= 0.3 is 6.03 Å². The van der Waals surface area contributed by atoms with Gasteiger partial charge < -0.3 is 19.9 Å².